The molecule has 2 nitrogen and oxygen atoms in total. The smallest absolute Gasteiger partial charge is 0.0176 e. The Bertz CT molecular complexity index is 67.3. The Morgan fingerprint density at radius 3 is 2.11 bits per heavy atom. The zero-order valence-electron chi connectivity index (χ0n) is 6.86. The third-order valence-electron chi connectivity index (χ3n) is 0.740. The molecule has 56 valence electrons. The Morgan fingerprint density at radius 1 is 1.56 bits per heavy atom. The normalized spacial score (nSPS) is 10.0. The minimum atomic E-state index is 0.885. The molecule has 0 spiro atoms. The predicted octanol–water partition coefficient (Wildman–Crippen LogP) is 1.09. The van der Waals surface area contributed by atoms with Gasteiger partial charge in [0.15, 0.2) is 0 Å². The first-order chi connectivity index (χ1) is 4.31. The number of hydrogen-bond acceptors (Lipinski definition) is 2. The number of nitrogens with one attached hydrogen (secondary N) is 1. The summed E-state index contributed by atoms with van der Waals surface area (Å²) in [6.07, 6.45) is 1.61. The van der Waals surface area contributed by atoms with Gasteiger partial charge in [0.2, 0.25) is 0 Å². The average molecular weight is 130 g/mol. The summed E-state index contributed by atoms with van der Waals surface area (Å²) in [6.45, 7) is 6.87. The molecule has 0 aliphatic rings. The number of nitrogens with two attached hydrogens (primary N) is 1. The van der Waals surface area contributed by atoms with E-state index in [-0.39, 0.29) is 0 Å². The molecule has 0 bridgehead atoms. The molecule has 0 aromatic rings. The summed E-state index contributed by atoms with van der Waals surface area (Å²) >= 11 is 0. The van der Waals surface area contributed by atoms with Crippen LogP contribution in [0.1, 0.15) is 20.8 Å². The van der Waals surface area contributed by atoms with E-state index in [4.69, 9.17) is 5.73 Å². The topological polar surface area (TPSA) is 38.0 Å². The number of hydrogen-bond donors (Lipinski definition) is 2. The second-order valence-corrected chi connectivity index (χ2v) is 1.54. The highest BCUT2D eigenvalue weighted by Gasteiger charge is 1.78. The van der Waals surface area contributed by atoms with Crippen LogP contribution in [0.15, 0.2) is 11.8 Å². The van der Waals surface area contributed by atoms with E-state index in [9.17, 15) is 0 Å². The SMILES string of the molecule is CC.CNC/C(C)=C/N. The highest BCUT2D eigenvalue weighted by atomic mass is 14.8. The molecular formula is C7H18N2. The first-order valence-electron chi connectivity index (χ1n) is 3.33. The van der Waals surface area contributed by atoms with Crippen LogP contribution in [0.25, 0.3) is 0 Å². The van der Waals surface area contributed by atoms with Crippen LogP contribution in [0.4, 0.5) is 0 Å². The Morgan fingerprint density at radius 2 is 2.00 bits per heavy atom. The second kappa shape index (κ2) is 10.5. The maximum atomic E-state index is 5.16. The molecule has 0 amide bonds. The predicted molar refractivity (Wildman–Crippen MR) is 43.2 cm³/mol. The quantitative estimate of drug-likeness (QED) is 0.587. The van der Waals surface area contributed by atoms with E-state index < -0.39 is 0 Å². The fourth-order valence-corrected chi connectivity index (χ4v) is 0.338. The maximum absolute atomic E-state index is 5.16. The summed E-state index contributed by atoms with van der Waals surface area (Å²) in [6, 6.07) is 0. The monoisotopic (exact) mass is 130 g/mol. The summed E-state index contributed by atoms with van der Waals surface area (Å²) < 4.78 is 0. The van der Waals surface area contributed by atoms with Gasteiger partial charge in [0, 0.05) is 6.54 Å². The maximum Gasteiger partial charge on any atom is 0.0176 e. The van der Waals surface area contributed by atoms with Crippen molar-refractivity contribution in [3.63, 3.8) is 0 Å². The van der Waals surface area contributed by atoms with Crippen molar-refractivity contribution >= 4 is 0 Å². The van der Waals surface area contributed by atoms with Crippen LogP contribution in [0, 0.1) is 0 Å². The largest absolute Gasteiger partial charge is 0.405 e. The summed E-state index contributed by atoms with van der Waals surface area (Å²) in [5.41, 5.74) is 6.33. The van der Waals surface area contributed by atoms with E-state index in [0.717, 1.165) is 6.54 Å². The Hall–Kier alpha value is -0.500. The fourth-order valence-electron chi connectivity index (χ4n) is 0.338. The van der Waals surface area contributed by atoms with Crippen molar-refractivity contribution in [2.45, 2.75) is 20.8 Å². The van der Waals surface area contributed by atoms with E-state index in [1.54, 1.807) is 6.20 Å². The van der Waals surface area contributed by atoms with E-state index in [1.165, 1.54) is 5.57 Å². The van der Waals surface area contributed by atoms with Crippen LogP contribution in [0.2, 0.25) is 0 Å². The number of rotatable bonds is 2. The molecule has 0 fully saturated rings. The van der Waals surface area contributed by atoms with E-state index in [2.05, 4.69) is 5.32 Å². The van der Waals surface area contributed by atoms with E-state index >= 15 is 0 Å². The Balaban J connectivity index is 0. The summed E-state index contributed by atoms with van der Waals surface area (Å²) in [4.78, 5) is 0. The lowest BCUT2D eigenvalue weighted by atomic mass is 10.3. The average Bonchev–Trinajstić information content (AvgIpc) is 1.93. The van der Waals surface area contributed by atoms with Crippen molar-refractivity contribution in [1.82, 2.24) is 5.32 Å². The molecule has 2 heteroatoms. The first kappa shape index (κ1) is 11.3. The highest BCUT2D eigenvalue weighted by Crippen LogP contribution is 1.81. The highest BCUT2D eigenvalue weighted by molar-refractivity contribution is 4.96. The lowest BCUT2D eigenvalue weighted by molar-refractivity contribution is 0.877. The molecule has 0 saturated carbocycles. The molecule has 0 aromatic heterocycles. The molecule has 0 radical (unpaired) electrons. The number of likely N-dealkylation sites (N-methyl/N-ethyl adjacent to an activating group) is 1. The van der Waals surface area contributed by atoms with E-state index in [1.807, 2.05) is 27.8 Å². The van der Waals surface area contributed by atoms with Crippen molar-refractivity contribution in [2.24, 2.45) is 5.73 Å². The van der Waals surface area contributed by atoms with Gasteiger partial charge in [-0.3, -0.25) is 0 Å². The molecule has 0 saturated heterocycles. The molecule has 9 heavy (non-hydrogen) atoms. The van der Waals surface area contributed by atoms with Gasteiger partial charge in [-0.2, -0.15) is 0 Å². The third kappa shape index (κ3) is 11.2. The van der Waals surface area contributed by atoms with Gasteiger partial charge >= 0.3 is 0 Å². The van der Waals surface area contributed by atoms with Crippen LogP contribution in [0.5, 0.6) is 0 Å². The van der Waals surface area contributed by atoms with Crippen LogP contribution >= 0.6 is 0 Å². The zero-order chi connectivity index (χ0) is 7.70. The summed E-state index contributed by atoms with van der Waals surface area (Å²) in [5, 5.41) is 2.97. The molecule has 0 aliphatic heterocycles. The Labute approximate surface area is 58.1 Å². The third-order valence-corrected chi connectivity index (χ3v) is 0.740. The van der Waals surface area contributed by atoms with Crippen LogP contribution in [0.3, 0.4) is 0 Å². The fraction of sp³-hybridized carbons (Fsp3) is 0.714. The molecule has 3 N–H and O–H groups in total. The van der Waals surface area contributed by atoms with Gasteiger partial charge < -0.3 is 11.1 Å². The molecule has 0 aromatic carbocycles. The Kier molecular flexibility index (Phi) is 13.2. The van der Waals surface area contributed by atoms with Gasteiger partial charge in [0.1, 0.15) is 0 Å². The molecule has 0 heterocycles. The van der Waals surface area contributed by atoms with Crippen molar-refractivity contribution in [3.05, 3.63) is 11.8 Å². The zero-order valence-corrected chi connectivity index (χ0v) is 6.86. The van der Waals surface area contributed by atoms with Crippen molar-refractivity contribution in [1.29, 1.82) is 0 Å². The van der Waals surface area contributed by atoms with E-state index in [0.29, 0.717) is 0 Å². The van der Waals surface area contributed by atoms with Crippen molar-refractivity contribution in [3.8, 4) is 0 Å². The minimum Gasteiger partial charge on any atom is -0.405 e. The molecular weight excluding hydrogens is 112 g/mol. The molecule has 0 rings (SSSR count). The van der Waals surface area contributed by atoms with Gasteiger partial charge in [-0.05, 0) is 25.7 Å². The van der Waals surface area contributed by atoms with Crippen LogP contribution in [-0.4, -0.2) is 13.6 Å². The van der Waals surface area contributed by atoms with Crippen molar-refractivity contribution in [2.75, 3.05) is 13.6 Å². The first-order valence-corrected chi connectivity index (χ1v) is 3.33. The standard InChI is InChI=1S/C5H12N2.C2H6/c1-5(3-6)4-7-2;1-2/h3,7H,4,6H2,1-2H3;1-2H3/b5-3+;. The minimum absolute atomic E-state index is 0.885. The summed E-state index contributed by atoms with van der Waals surface area (Å²) in [7, 11) is 1.90. The lowest BCUT2D eigenvalue weighted by Gasteiger charge is -1.93. The van der Waals surface area contributed by atoms with Gasteiger partial charge in [0.05, 0.1) is 0 Å². The van der Waals surface area contributed by atoms with Gasteiger partial charge in [-0.25, -0.2) is 0 Å². The molecule has 0 unspecified atom stereocenters. The lowest BCUT2D eigenvalue weighted by Crippen LogP contribution is -2.09. The van der Waals surface area contributed by atoms with Gasteiger partial charge in [0.25, 0.3) is 0 Å². The molecule has 0 aliphatic carbocycles. The van der Waals surface area contributed by atoms with Crippen LogP contribution < -0.4 is 11.1 Å². The second-order valence-electron chi connectivity index (χ2n) is 1.54. The van der Waals surface area contributed by atoms with Gasteiger partial charge in [-0.15, -0.1) is 0 Å². The summed E-state index contributed by atoms with van der Waals surface area (Å²) in [5.74, 6) is 0. The van der Waals surface area contributed by atoms with Gasteiger partial charge in [-0.1, -0.05) is 13.8 Å². The molecule has 0 atom stereocenters. The van der Waals surface area contributed by atoms with Crippen LogP contribution in [-0.2, 0) is 0 Å². The van der Waals surface area contributed by atoms with Crippen molar-refractivity contribution < 1.29 is 0 Å².